The highest BCUT2D eigenvalue weighted by Gasteiger charge is 2.14. The molecule has 0 saturated carbocycles. The van der Waals surface area contributed by atoms with Gasteiger partial charge in [0.2, 0.25) is 5.88 Å². The molecule has 0 atom stereocenters. The molecule has 0 aliphatic heterocycles. The fourth-order valence-corrected chi connectivity index (χ4v) is 2.07. The summed E-state index contributed by atoms with van der Waals surface area (Å²) in [6.45, 7) is 4.78. The molecule has 5 heteroatoms. The molecule has 0 aliphatic carbocycles. The van der Waals surface area contributed by atoms with Crippen LogP contribution in [-0.2, 0) is 11.2 Å². The summed E-state index contributed by atoms with van der Waals surface area (Å²) in [6, 6.07) is 7.89. The molecular formula is C16H21N3O2. The lowest BCUT2D eigenvalue weighted by Crippen LogP contribution is -2.04. The van der Waals surface area contributed by atoms with E-state index in [0.29, 0.717) is 18.3 Å². The van der Waals surface area contributed by atoms with Crippen LogP contribution in [0.3, 0.4) is 0 Å². The number of anilines is 1. The smallest absolute Gasteiger partial charge is 0.227 e. The van der Waals surface area contributed by atoms with Crippen molar-refractivity contribution >= 4 is 5.82 Å². The van der Waals surface area contributed by atoms with E-state index >= 15 is 0 Å². The van der Waals surface area contributed by atoms with Gasteiger partial charge in [-0.05, 0) is 30.0 Å². The average molecular weight is 287 g/mol. The van der Waals surface area contributed by atoms with E-state index in [2.05, 4.69) is 9.97 Å². The minimum Gasteiger partial charge on any atom is -0.439 e. The van der Waals surface area contributed by atoms with Crippen LogP contribution in [-0.4, -0.2) is 23.7 Å². The molecule has 2 rings (SSSR count). The first-order valence-corrected chi connectivity index (χ1v) is 6.98. The molecule has 112 valence electrons. The first-order valence-electron chi connectivity index (χ1n) is 6.98. The minimum atomic E-state index is 0.196. The van der Waals surface area contributed by atoms with E-state index in [0.717, 1.165) is 17.7 Å². The number of nitrogens with zero attached hydrogens (tertiary/aromatic N) is 2. The third-order valence-corrected chi connectivity index (χ3v) is 3.19. The van der Waals surface area contributed by atoms with Gasteiger partial charge in [0, 0.05) is 7.11 Å². The molecule has 0 aliphatic rings. The molecule has 0 amide bonds. The molecule has 0 fully saturated rings. The molecule has 5 nitrogen and oxygen atoms in total. The van der Waals surface area contributed by atoms with Gasteiger partial charge in [-0.1, -0.05) is 26.0 Å². The summed E-state index contributed by atoms with van der Waals surface area (Å²) in [5, 5.41) is 0. The van der Waals surface area contributed by atoms with Crippen molar-refractivity contribution in [3.63, 3.8) is 0 Å². The number of methoxy groups -OCH3 is 1. The van der Waals surface area contributed by atoms with E-state index in [4.69, 9.17) is 15.2 Å². The Morgan fingerprint density at radius 3 is 2.48 bits per heavy atom. The van der Waals surface area contributed by atoms with E-state index in [-0.39, 0.29) is 5.92 Å². The summed E-state index contributed by atoms with van der Waals surface area (Å²) in [5.74, 6) is 1.91. The first-order chi connectivity index (χ1) is 10.1. The molecular weight excluding hydrogens is 266 g/mol. The van der Waals surface area contributed by atoms with Crippen molar-refractivity contribution in [2.45, 2.75) is 26.2 Å². The number of aromatic nitrogens is 2. The van der Waals surface area contributed by atoms with Crippen LogP contribution in [0.4, 0.5) is 5.82 Å². The average Bonchev–Trinajstić information content (AvgIpc) is 2.46. The molecule has 2 N–H and O–H groups in total. The van der Waals surface area contributed by atoms with Crippen LogP contribution in [0.1, 0.15) is 30.9 Å². The van der Waals surface area contributed by atoms with Gasteiger partial charge in [0.15, 0.2) is 0 Å². The van der Waals surface area contributed by atoms with Gasteiger partial charge in [0.05, 0.1) is 12.2 Å². The first kappa shape index (κ1) is 15.3. The number of ether oxygens (including phenoxy) is 2. The van der Waals surface area contributed by atoms with E-state index in [9.17, 15) is 0 Å². The predicted octanol–water partition coefficient (Wildman–Crippen LogP) is 3.16. The summed E-state index contributed by atoms with van der Waals surface area (Å²) in [7, 11) is 1.70. The predicted molar refractivity (Wildman–Crippen MR) is 82.6 cm³/mol. The highest BCUT2D eigenvalue weighted by molar-refractivity contribution is 5.48. The zero-order chi connectivity index (χ0) is 15.2. The van der Waals surface area contributed by atoms with E-state index in [1.807, 2.05) is 38.1 Å². The highest BCUT2D eigenvalue weighted by atomic mass is 16.5. The van der Waals surface area contributed by atoms with Crippen LogP contribution in [0.15, 0.2) is 30.6 Å². The van der Waals surface area contributed by atoms with Crippen molar-refractivity contribution in [2.75, 3.05) is 19.5 Å². The van der Waals surface area contributed by atoms with Crippen LogP contribution in [0.5, 0.6) is 11.6 Å². The van der Waals surface area contributed by atoms with E-state index in [1.165, 1.54) is 11.9 Å². The fraction of sp³-hybridized carbons (Fsp3) is 0.375. The molecule has 0 radical (unpaired) electrons. The van der Waals surface area contributed by atoms with Gasteiger partial charge in [-0.25, -0.2) is 9.97 Å². The van der Waals surface area contributed by atoms with Crippen LogP contribution in [0.25, 0.3) is 0 Å². The SMILES string of the molecule is COCCc1ccc(Oc2ncnc(N)c2C(C)C)cc1. The van der Waals surface area contributed by atoms with Crippen molar-refractivity contribution in [3.05, 3.63) is 41.7 Å². The lowest BCUT2D eigenvalue weighted by molar-refractivity contribution is 0.202. The van der Waals surface area contributed by atoms with Gasteiger partial charge >= 0.3 is 0 Å². The lowest BCUT2D eigenvalue weighted by atomic mass is 10.1. The Balaban J connectivity index is 2.17. The Morgan fingerprint density at radius 2 is 1.86 bits per heavy atom. The summed E-state index contributed by atoms with van der Waals surface area (Å²) in [6.07, 6.45) is 2.30. The van der Waals surface area contributed by atoms with Gasteiger partial charge in [-0.15, -0.1) is 0 Å². The minimum absolute atomic E-state index is 0.196. The molecule has 2 aromatic rings. The van der Waals surface area contributed by atoms with Crippen LogP contribution in [0.2, 0.25) is 0 Å². The van der Waals surface area contributed by atoms with Crippen molar-refractivity contribution in [3.8, 4) is 11.6 Å². The van der Waals surface area contributed by atoms with Crippen LogP contribution >= 0.6 is 0 Å². The maximum absolute atomic E-state index is 5.91. The zero-order valence-electron chi connectivity index (χ0n) is 12.7. The van der Waals surface area contributed by atoms with Crippen molar-refractivity contribution in [1.29, 1.82) is 0 Å². The summed E-state index contributed by atoms with van der Waals surface area (Å²) < 4.78 is 10.9. The maximum atomic E-state index is 5.91. The fourth-order valence-electron chi connectivity index (χ4n) is 2.07. The third-order valence-electron chi connectivity index (χ3n) is 3.19. The Bertz CT molecular complexity index is 583. The van der Waals surface area contributed by atoms with Crippen molar-refractivity contribution in [1.82, 2.24) is 9.97 Å². The second-order valence-corrected chi connectivity index (χ2v) is 5.12. The summed E-state index contributed by atoms with van der Waals surface area (Å²) >= 11 is 0. The number of rotatable bonds is 6. The van der Waals surface area contributed by atoms with Crippen molar-refractivity contribution < 1.29 is 9.47 Å². The molecule has 1 aromatic carbocycles. The Morgan fingerprint density at radius 1 is 1.14 bits per heavy atom. The lowest BCUT2D eigenvalue weighted by Gasteiger charge is -2.14. The van der Waals surface area contributed by atoms with Gasteiger partial charge in [0.25, 0.3) is 0 Å². The van der Waals surface area contributed by atoms with E-state index < -0.39 is 0 Å². The standard InChI is InChI=1S/C16H21N3O2/c1-11(2)14-15(17)18-10-19-16(14)21-13-6-4-12(5-7-13)8-9-20-3/h4-7,10-11H,8-9H2,1-3H3,(H2,17,18,19). The van der Waals surface area contributed by atoms with E-state index in [1.54, 1.807) is 7.11 Å². The molecule has 0 unspecified atom stereocenters. The number of hydrogen-bond acceptors (Lipinski definition) is 5. The molecule has 1 heterocycles. The monoisotopic (exact) mass is 287 g/mol. The highest BCUT2D eigenvalue weighted by Crippen LogP contribution is 2.31. The normalized spacial score (nSPS) is 10.9. The Hall–Kier alpha value is -2.14. The van der Waals surface area contributed by atoms with Gasteiger partial charge in [-0.3, -0.25) is 0 Å². The number of hydrogen-bond donors (Lipinski definition) is 1. The van der Waals surface area contributed by atoms with Gasteiger partial charge in [-0.2, -0.15) is 0 Å². The van der Waals surface area contributed by atoms with Gasteiger partial charge < -0.3 is 15.2 Å². The van der Waals surface area contributed by atoms with Crippen LogP contribution < -0.4 is 10.5 Å². The second-order valence-electron chi connectivity index (χ2n) is 5.12. The molecule has 0 spiro atoms. The largest absolute Gasteiger partial charge is 0.439 e. The zero-order valence-corrected chi connectivity index (χ0v) is 12.7. The maximum Gasteiger partial charge on any atom is 0.227 e. The number of nitrogens with two attached hydrogens (primary N) is 1. The third kappa shape index (κ3) is 3.92. The second kappa shape index (κ2) is 7.04. The number of benzene rings is 1. The molecule has 0 saturated heterocycles. The summed E-state index contributed by atoms with van der Waals surface area (Å²) in [5.41, 5.74) is 7.95. The van der Waals surface area contributed by atoms with Gasteiger partial charge in [0.1, 0.15) is 17.9 Å². The van der Waals surface area contributed by atoms with Crippen LogP contribution in [0, 0.1) is 0 Å². The number of nitrogen functional groups attached to an aromatic ring is 1. The topological polar surface area (TPSA) is 70.3 Å². The Labute approximate surface area is 125 Å². The molecule has 0 bridgehead atoms. The summed E-state index contributed by atoms with van der Waals surface area (Å²) in [4.78, 5) is 8.22. The van der Waals surface area contributed by atoms with Crippen molar-refractivity contribution in [2.24, 2.45) is 0 Å². The Kier molecular flexibility index (Phi) is 5.11. The molecule has 21 heavy (non-hydrogen) atoms. The quantitative estimate of drug-likeness (QED) is 0.883. The molecule has 1 aromatic heterocycles.